The Morgan fingerprint density at radius 2 is 2.31 bits per heavy atom. The summed E-state index contributed by atoms with van der Waals surface area (Å²) in [7, 11) is 0. The van der Waals surface area contributed by atoms with Gasteiger partial charge in [0.1, 0.15) is 0 Å². The van der Waals surface area contributed by atoms with Gasteiger partial charge in [-0.2, -0.15) is 5.10 Å². The molecule has 3 aromatic rings. The summed E-state index contributed by atoms with van der Waals surface area (Å²) < 4.78 is 1.10. The van der Waals surface area contributed by atoms with Gasteiger partial charge in [0, 0.05) is 5.39 Å². The molecule has 0 amide bonds. The number of hydrogen-bond acceptors (Lipinski definition) is 4. The average Bonchev–Trinajstić information content (AvgIpc) is 2.63. The summed E-state index contributed by atoms with van der Waals surface area (Å²) in [6, 6.07) is 4.01. The third kappa shape index (κ3) is 0.905. The van der Waals surface area contributed by atoms with Gasteiger partial charge < -0.3 is 5.73 Å². The van der Waals surface area contributed by atoms with Crippen molar-refractivity contribution in [2.24, 2.45) is 0 Å². The minimum absolute atomic E-state index is 0.607. The predicted octanol–water partition coefficient (Wildman–Crippen LogP) is 1.75. The number of aromatic nitrogens is 3. The van der Waals surface area contributed by atoms with E-state index >= 15 is 0 Å². The molecule has 13 heavy (non-hydrogen) atoms. The van der Waals surface area contributed by atoms with Gasteiger partial charge in [0.15, 0.2) is 5.13 Å². The van der Waals surface area contributed by atoms with Crippen molar-refractivity contribution < 1.29 is 0 Å². The summed E-state index contributed by atoms with van der Waals surface area (Å²) in [6.07, 6.45) is 1.80. The van der Waals surface area contributed by atoms with E-state index in [0.717, 1.165) is 21.1 Å². The first-order valence-corrected chi connectivity index (χ1v) is 4.64. The molecule has 0 aliphatic rings. The lowest BCUT2D eigenvalue weighted by Crippen LogP contribution is -1.79. The standard InChI is InChI=1S/C8H6N4S/c9-8-11-6-2-5-4(3-10-12-5)1-7(6)13-8/h1-3H,(H2,9,11)(H,10,12). The molecular weight excluding hydrogens is 184 g/mol. The maximum atomic E-state index is 5.60. The van der Waals surface area contributed by atoms with E-state index in [1.165, 1.54) is 11.3 Å². The van der Waals surface area contributed by atoms with Crippen molar-refractivity contribution in [1.29, 1.82) is 0 Å². The second-order valence-electron chi connectivity index (χ2n) is 2.83. The minimum atomic E-state index is 0.607. The van der Waals surface area contributed by atoms with Crippen molar-refractivity contribution in [2.45, 2.75) is 0 Å². The molecule has 0 bridgehead atoms. The maximum Gasteiger partial charge on any atom is 0.181 e. The summed E-state index contributed by atoms with van der Waals surface area (Å²) in [5, 5.41) is 8.54. The van der Waals surface area contributed by atoms with E-state index in [4.69, 9.17) is 5.73 Å². The van der Waals surface area contributed by atoms with Gasteiger partial charge in [-0.3, -0.25) is 5.10 Å². The molecule has 0 aliphatic carbocycles. The van der Waals surface area contributed by atoms with Gasteiger partial charge in [-0.15, -0.1) is 0 Å². The quantitative estimate of drug-likeness (QED) is 0.567. The van der Waals surface area contributed by atoms with Crippen molar-refractivity contribution in [3.8, 4) is 0 Å². The molecule has 3 N–H and O–H groups in total. The van der Waals surface area contributed by atoms with E-state index in [0.29, 0.717) is 5.13 Å². The van der Waals surface area contributed by atoms with Crippen molar-refractivity contribution in [3.63, 3.8) is 0 Å². The molecule has 0 aliphatic heterocycles. The molecule has 0 fully saturated rings. The van der Waals surface area contributed by atoms with Crippen LogP contribution in [0.15, 0.2) is 18.3 Å². The predicted molar refractivity (Wildman–Crippen MR) is 53.7 cm³/mol. The van der Waals surface area contributed by atoms with Gasteiger partial charge in [-0.25, -0.2) is 4.98 Å². The molecule has 5 heteroatoms. The van der Waals surface area contributed by atoms with Gasteiger partial charge in [0.05, 0.1) is 21.9 Å². The van der Waals surface area contributed by atoms with E-state index in [9.17, 15) is 0 Å². The highest BCUT2D eigenvalue weighted by Gasteiger charge is 2.03. The zero-order valence-corrected chi connectivity index (χ0v) is 7.43. The van der Waals surface area contributed by atoms with Crippen LogP contribution in [-0.2, 0) is 0 Å². The van der Waals surface area contributed by atoms with Crippen LogP contribution in [-0.4, -0.2) is 15.2 Å². The van der Waals surface area contributed by atoms with E-state index in [1.54, 1.807) is 6.20 Å². The molecule has 0 atom stereocenters. The van der Waals surface area contributed by atoms with Gasteiger partial charge in [0.2, 0.25) is 0 Å². The molecule has 0 saturated heterocycles. The molecule has 0 saturated carbocycles. The van der Waals surface area contributed by atoms with E-state index in [-0.39, 0.29) is 0 Å². The molecular formula is C8H6N4S. The smallest absolute Gasteiger partial charge is 0.181 e. The first kappa shape index (κ1) is 6.85. The van der Waals surface area contributed by atoms with E-state index < -0.39 is 0 Å². The molecule has 0 radical (unpaired) electrons. The van der Waals surface area contributed by atoms with Gasteiger partial charge in [-0.1, -0.05) is 11.3 Å². The fraction of sp³-hybridized carbons (Fsp3) is 0. The highest BCUT2D eigenvalue weighted by Crippen LogP contribution is 2.27. The SMILES string of the molecule is Nc1nc2cc3[nH]ncc3cc2s1. The lowest BCUT2D eigenvalue weighted by Gasteiger charge is -1.87. The maximum absolute atomic E-state index is 5.60. The number of hydrogen-bond donors (Lipinski definition) is 2. The van der Waals surface area contributed by atoms with Crippen molar-refractivity contribution >= 4 is 37.6 Å². The van der Waals surface area contributed by atoms with Crippen LogP contribution in [0.2, 0.25) is 0 Å². The van der Waals surface area contributed by atoms with Crippen LogP contribution in [0.3, 0.4) is 0 Å². The Bertz CT molecular complexity index is 532. The number of aromatic amines is 1. The minimum Gasteiger partial charge on any atom is -0.375 e. The number of nitrogen functional groups attached to an aromatic ring is 1. The number of benzene rings is 1. The second-order valence-corrected chi connectivity index (χ2v) is 3.89. The largest absolute Gasteiger partial charge is 0.375 e. The molecule has 1 aromatic carbocycles. The highest BCUT2D eigenvalue weighted by atomic mass is 32.1. The van der Waals surface area contributed by atoms with Crippen LogP contribution < -0.4 is 5.73 Å². The van der Waals surface area contributed by atoms with Crippen LogP contribution in [0.5, 0.6) is 0 Å². The summed E-state index contributed by atoms with van der Waals surface area (Å²) >= 11 is 1.50. The Labute approximate surface area is 77.4 Å². The number of nitrogens with two attached hydrogens (primary N) is 1. The Kier molecular flexibility index (Phi) is 1.16. The lowest BCUT2D eigenvalue weighted by molar-refractivity contribution is 1.12. The second kappa shape index (κ2) is 2.20. The first-order chi connectivity index (χ1) is 6.33. The Morgan fingerprint density at radius 1 is 1.38 bits per heavy atom. The molecule has 0 unspecified atom stereocenters. The summed E-state index contributed by atoms with van der Waals surface area (Å²) in [6.45, 7) is 0. The third-order valence-electron chi connectivity index (χ3n) is 1.96. The van der Waals surface area contributed by atoms with E-state index in [2.05, 4.69) is 15.2 Å². The molecule has 0 spiro atoms. The molecule has 2 heterocycles. The summed E-state index contributed by atoms with van der Waals surface area (Å²) in [4.78, 5) is 4.19. The van der Waals surface area contributed by atoms with Crippen molar-refractivity contribution in [1.82, 2.24) is 15.2 Å². The van der Waals surface area contributed by atoms with Crippen LogP contribution in [0, 0.1) is 0 Å². The van der Waals surface area contributed by atoms with Gasteiger partial charge in [0.25, 0.3) is 0 Å². The lowest BCUT2D eigenvalue weighted by atomic mass is 10.2. The number of rotatable bonds is 0. The van der Waals surface area contributed by atoms with Gasteiger partial charge >= 0.3 is 0 Å². The normalized spacial score (nSPS) is 11.4. The van der Waals surface area contributed by atoms with Crippen molar-refractivity contribution in [3.05, 3.63) is 18.3 Å². The number of nitrogens with zero attached hydrogens (tertiary/aromatic N) is 2. The average molecular weight is 190 g/mol. The molecule has 3 rings (SSSR count). The van der Waals surface area contributed by atoms with Gasteiger partial charge in [-0.05, 0) is 12.1 Å². The zero-order chi connectivity index (χ0) is 8.84. The van der Waals surface area contributed by atoms with E-state index in [1.807, 2.05) is 12.1 Å². The number of H-pyrrole nitrogens is 1. The molecule has 64 valence electrons. The van der Waals surface area contributed by atoms with Crippen LogP contribution >= 0.6 is 11.3 Å². The fourth-order valence-electron chi connectivity index (χ4n) is 1.38. The van der Waals surface area contributed by atoms with Crippen LogP contribution in [0.25, 0.3) is 21.1 Å². The topological polar surface area (TPSA) is 67.6 Å². The number of nitrogens with one attached hydrogen (secondary N) is 1. The summed E-state index contributed by atoms with van der Waals surface area (Å²) in [5.41, 5.74) is 7.53. The van der Waals surface area contributed by atoms with Crippen LogP contribution in [0.1, 0.15) is 0 Å². The fourth-order valence-corrected chi connectivity index (χ4v) is 2.15. The molecule has 2 aromatic heterocycles. The third-order valence-corrected chi connectivity index (χ3v) is 2.81. The number of fused-ring (bicyclic) bond motifs is 2. The zero-order valence-electron chi connectivity index (χ0n) is 6.61. The summed E-state index contributed by atoms with van der Waals surface area (Å²) in [5.74, 6) is 0. The Morgan fingerprint density at radius 3 is 3.23 bits per heavy atom. The van der Waals surface area contributed by atoms with Crippen LogP contribution in [0.4, 0.5) is 5.13 Å². The van der Waals surface area contributed by atoms with Crippen molar-refractivity contribution in [2.75, 3.05) is 5.73 Å². The molecule has 4 nitrogen and oxygen atoms in total. The Balaban J connectivity index is 2.54. The monoisotopic (exact) mass is 190 g/mol. The Hall–Kier alpha value is -1.62. The number of thiazole rings is 1. The number of anilines is 1. The first-order valence-electron chi connectivity index (χ1n) is 3.82. The highest BCUT2D eigenvalue weighted by molar-refractivity contribution is 7.22.